The van der Waals surface area contributed by atoms with E-state index in [9.17, 15) is 9.59 Å². The van der Waals surface area contributed by atoms with Crippen molar-refractivity contribution in [1.29, 1.82) is 0 Å². The number of anilines is 1. The number of fused-ring (bicyclic) bond motifs is 3. The molecule has 1 saturated heterocycles. The van der Waals surface area contributed by atoms with Gasteiger partial charge in [-0.05, 0) is 36.5 Å². The largest absolute Gasteiger partial charge is 0.335 e. The van der Waals surface area contributed by atoms with E-state index < -0.39 is 0 Å². The van der Waals surface area contributed by atoms with E-state index in [-0.39, 0.29) is 30.3 Å². The molecule has 1 aromatic heterocycles. The molecule has 3 aromatic rings. The van der Waals surface area contributed by atoms with E-state index in [1.807, 2.05) is 38.8 Å². The molecule has 7 heteroatoms. The maximum atomic E-state index is 13.9. The molecule has 2 bridgehead atoms. The fourth-order valence-electron chi connectivity index (χ4n) is 6.12. The van der Waals surface area contributed by atoms with E-state index in [1.165, 1.54) is 5.56 Å². The molecule has 0 spiro atoms. The number of para-hydroxylation sites is 1. The van der Waals surface area contributed by atoms with Gasteiger partial charge >= 0.3 is 0 Å². The number of nitrogens with zero attached hydrogens (tertiary/aromatic N) is 5. The predicted molar refractivity (Wildman–Crippen MR) is 150 cm³/mol. The van der Waals surface area contributed by atoms with Crippen LogP contribution in [0.2, 0.25) is 0 Å². The highest BCUT2D eigenvalue weighted by Crippen LogP contribution is 2.32. The Morgan fingerprint density at radius 3 is 2.47 bits per heavy atom. The molecule has 2 aliphatic rings. The van der Waals surface area contributed by atoms with Gasteiger partial charge in [0.25, 0.3) is 0 Å². The number of hydrogen-bond donors (Lipinski definition) is 0. The van der Waals surface area contributed by atoms with Crippen LogP contribution in [0.3, 0.4) is 0 Å². The molecule has 0 N–H and O–H groups in total. The smallest absolute Gasteiger partial charge is 0.242 e. The Hall–Kier alpha value is -3.45. The van der Waals surface area contributed by atoms with Gasteiger partial charge in [0.15, 0.2) is 0 Å². The van der Waals surface area contributed by atoms with Gasteiger partial charge in [0, 0.05) is 69.2 Å². The summed E-state index contributed by atoms with van der Waals surface area (Å²) in [5, 5.41) is 0. The van der Waals surface area contributed by atoms with Gasteiger partial charge in [-0.25, -0.2) is 4.98 Å². The van der Waals surface area contributed by atoms with Crippen LogP contribution in [0.4, 0.5) is 5.69 Å². The summed E-state index contributed by atoms with van der Waals surface area (Å²) in [6.45, 7) is 8.78. The maximum Gasteiger partial charge on any atom is 0.242 e. The van der Waals surface area contributed by atoms with E-state index >= 15 is 0 Å². The third kappa shape index (κ3) is 5.68. The van der Waals surface area contributed by atoms with Gasteiger partial charge in [-0.3, -0.25) is 14.5 Å². The Bertz CT molecular complexity index is 1250. The van der Waals surface area contributed by atoms with Crippen molar-refractivity contribution >= 4 is 17.5 Å². The Morgan fingerprint density at radius 1 is 0.974 bits per heavy atom. The lowest BCUT2D eigenvalue weighted by atomic mass is 10.1. The zero-order valence-corrected chi connectivity index (χ0v) is 22.8. The second kappa shape index (κ2) is 11.5. The highest BCUT2D eigenvalue weighted by atomic mass is 16.2. The first kappa shape index (κ1) is 26.2. The third-order valence-electron chi connectivity index (χ3n) is 8.04. The molecule has 3 heterocycles. The molecule has 2 atom stereocenters. The van der Waals surface area contributed by atoms with Crippen molar-refractivity contribution in [1.82, 2.24) is 19.4 Å². The highest BCUT2D eigenvalue weighted by molar-refractivity contribution is 5.92. The highest BCUT2D eigenvalue weighted by Gasteiger charge is 2.36. The van der Waals surface area contributed by atoms with Crippen LogP contribution >= 0.6 is 0 Å². The number of carbonyl (C=O) groups is 2. The SMILES string of the molecule is CC(=O)N1CC[C@@H]2CC[C@H](CN(C(=O)Cn3ccnc3C(C)C)Cc3ccccc31)N2Cc1ccccc1. The van der Waals surface area contributed by atoms with E-state index in [4.69, 9.17) is 0 Å². The van der Waals surface area contributed by atoms with Crippen LogP contribution in [-0.2, 0) is 29.2 Å². The van der Waals surface area contributed by atoms with E-state index in [0.29, 0.717) is 25.7 Å². The van der Waals surface area contributed by atoms with Crippen molar-refractivity contribution in [3.63, 3.8) is 0 Å². The molecule has 200 valence electrons. The lowest BCUT2D eigenvalue weighted by molar-refractivity contribution is -0.133. The zero-order valence-electron chi connectivity index (χ0n) is 22.8. The minimum absolute atomic E-state index is 0.0405. The molecule has 2 aromatic carbocycles. The van der Waals surface area contributed by atoms with Crippen LogP contribution in [0.1, 0.15) is 62.9 Å². The number of carbonyl (C=O) groups excluding carboxylic acids is 2. The van der Waals surface area contributed by atoms with Crippen molar-refractivity contribution in [2.24, 2.45) is 0 Å². The monoisotopic (exact) mass is 513 g/mol. The number of hydrogen-bond acceptors (Lipinski definition) is 4. The maximum absolute atomic E-state index is 13.9. The summed E-state index contributed by atoms with van der Waals surface area (Å²) in [4.78, 5) is 37.8. The second-order valence-corrected chi connectivity index (χ2v) is 11.0. The molecule has 5 rings (SSSR count). The zero-order chi connectivity index (χ0) is 26.6. The lowest BCUT2D eigenvalue weighted by Crippen LogP contribution is -2.45. The van der Waals surface area contributed by atoms with Crippen LogP contribution in [0.15, 0.2) is 67.0 Å². The Morgan fingerprint density at radius 2 is 1.71 bits per heavy atom. The van der Waals surface area contributed by atoms with Crippen molar-refractivity contribution in [2.75, 3.05) is 18.0 Å². The Kier molecular flexibility index (Phi) is 7.93. The summed E-state index contributed by atoms with van der Waals surface area (Å²) in [7, 11) is 0. The summed E-state index contributed by atoms with van der Waals surface area (Å²) in [6, 6.07) is 19.3. The number of benzene rings is 2. The third-order valence-corrected chi connectivity index (χ3v) is 8.04. The van der Waals surface area contributed by atoms with Crippen molar-refractivity contribution < 1.29 is 9.59 Å². The van der Waals surface area contributed by atoms with Crippen LogP contribution < -0.4 is 4.90 Å². The summed E-state index contributed by atoms with van der Waals surface area (Å²) < 4.78 is 1.98. The molecule has 38 heavy (non-hydrogen) atoms. The molecular weight excluding hydrogens is 474 g/mol. The van der Waals surface area contributed by atoms with Gasteiger partial charge in [-0.2, -0.15) is 0 Å². The molecule has 0 unspecified atom stereocenters. The van der Waals surface area contributed by atoms with E-state index in [0.717, 1.165) is 42.9 Å². The molecule has 7 nitrogen and oxygen atoms in total. The van der Waals surface area contributed by atoms with Crippen molar-refractivity contribution in [2.45, 2.75) is 77.7 Å². The van der Waals surface area contributed by atoms with Gasteiger partial charge in [0.05, 0.1) is 0 Å². The van der Waals surface area contributed by atoms with Crippen molar-refractivity contribution in [3.8, 4) is 0 Å². The molecule has 0 saturated carbocycles. The quantitative estimate of drug-likeness (QED) is 0.491. The number of imidazole rings is 1. The first-order valence-electron chi connectivity index (χ1n) is 13.8. The summed E-state index contributed by atoms with van der Waals surface area (Å²) >= 11 is 0. The molecule has 0 radical (unpaired) electrons. The molecule has 2 aliphatic heterocycles. The predicted octanol–water partition coefficient (Wildman–Crippen LogP) is 4.83. The Balaban J connectivity index is 1.50. The van der Waals surface area contributed by atoms with Gasteiger partial charge in [0.2, 0.25) is 11.8 Å². The van der Waals surface area contributed by atoms with E-state index in [2.05, 4.69) is 60.1 Å². The average Bonchev–Trinajstić information content (AvgIpc) is 3.51. The first-order valence-corrected chi connectivity index (χ1v) is 13.8. The van der Waals surface area contributed by atoms with Crippen LogP contribution in [-0.4, -0.2) is 56.3 Å². The number of aromatic nitrogens is 2. The van der Waals surface area contributed by atoms with Gasteiger partial charge in [-0.15, -0.1) is 0 Å². The van der Waals surface area contributed by atoms with Gasteiger partial charge in [-0.1, -0.05) is 62.4 Å². The van der Waals surface area contributed by atoms with Crippen LogP contribution in [0.25, 0.3) is 0 Å². The van der Waals surface area contributed by atoms with E-state index in [1.54, 1.807) is 13.1 Å². The topological polar surface area (TPSA) is 61.7 Å². The van der Waals surface area contributed by atoms with Crippen LogP contribution in [0.5, 0.6) is 0 Å². The van der Waals surface area contributed by atoms with Gasteiger partial charge < -0.3 is 14.4 Å². The number of amides is 2. The number of rotatable bonds is 5. The first-order chi connectivity index (χ1) is 18.4. The molecule has 0 aliphatic carbocycles. The average molecular weight is 514 g/mol. The normalized spacial score (nSPS) is 20.3. The molecular formula is C31H39N5O2. The summed E-state index contributed by atoms with van der Waals surface area (Å²) in [6.07, 6.45) is 6.71. The summed E-state index contributed by atoms with van der Waals surface area (Å²) in [5.74, 6) is 1.28. The Labute approximate surface area is 226 Å². The lowest BCUT2D eigenvalue weighted by Gasteiger charge is -2.34. The molecule has 1 fully saturated rings. The van der Waals surface area contributed by atoms with Gasteiger partial charge in [0.1, 0.15) is 12.4 Å². The second-order valence-electron chi connectivity index (χ2n) is 11.0. The standard InChI is InChI=1S/C31H39N5O2/c1-23(2)31-32-16-18-33(31)22-30(38)34-20-26-11-7-8-12-29(26)35(24(3)37)17-15-27-13-14-28(21-34)36(27)19-25-9-5-4-6-10-25/h4-12,16,18,23,27-28H,13-15,17,19-22H2,1-3H3/t27-,28+/m0/s1. The summed E-state index contributed by atoms with van der Waals surface area (Å²) in [5.41, 5.74) is 3.21. The minimum atomic E-state index is 0.0405. The van der Waals surface area contributed by atoms with Crippen molar-refractivity contribution in [3.05, 3.63) is 83.9 Å². The molecule has 2 amide bonds. The fraction of sp³-hybridized carbons (Fsp3) is 0.452. The van der Waals surface area contributed by atoms with Crippen LogP contribution in [0, 0.1) is 0 Å². The fourth-order valence-corrected chi connectivity index (χ4v) is 6.12. The minimum Gasteiger partial charge on any atom is -0.335 e.